The third-order valence-corrected chi connectivity index (χ3v) is 4.70. The van der Waals surface area contributed by atoms with E-state index in [9.17, 15) is 18.8 Å². The second-order valence-electron chi connectivity index (χ2n) is 6.63. The highest BCUT2D eigenvalue weighted by Crippen LogP contribution is 2.29. The second kappa shape index (κ2) is 6.21. The van der Waals surface area contributed by atoms with Gasteiger partial charge in [0.15, 0.2) is 0 Å². The molecule has 5 nitrogen and oxygen atoms in total. The molecule has 0 atom stereocenters. The van der Waals surface area contributed by atoms with Crippen molar-refractivity contribution in [2.45, 2.75) is 19.4 Å². The Morgan fingerprint density at radius 3 is 2.38 bits per heavy atom. The highest BCUT2D eigenvalue weighted by Gasteiger charge is 2.34. The van der Waals surface area contributed by atoms with Gasteiger partial charge in [0.05, 0.1) is 16.7 Å². The smallest absolute Gasteiger partial charge is 0.261 e. The fourth-order valence-electron chi connectivity index (χ4n) is 2.92. The standard InChI is InChI=1S/C19H16ClFN2O3/c1-19(2,14-7-5-11(21)9-15(14)20)22-16(24)10-4-6-12-13(8-10)18(26)23(3)17(12)25/h4-9H,1-3H3,(H,22,24). The summed E-state index contributed by atoms with van der Waals surface area (Å²) in [6, 6.07) is 8.31. The molecule has 0 aliphatic carbocycles. The Balaban J connectivity index is 1.89. The highest BCUT2D eigenvalue weighted by molar-refractivity contribution is 6.31. The molecule has 0 radical (unpaired) electrons. The van der Waals surface area contributed by atoms with E-state index in [0.717, 1.165) is 4.90 Å². The Labute approximate surface area is 154 Å². The quantitative estimate of drug-likeness (QED) is 0.837. The van der Waals surface area contributed by atoms with Crippen LogP contribution in [0.25, 0.3) is 0 Å². The van der Waals surface area contributed by atoms with Gasteiger partial charge in [-0.3, -0.25) is 19.3 Å². The van der Waals surface area contributed by atoms with E-state index in [4.69, 9.17) is 11.6 Å². The van der Waals surface area contributed by atoms with Gasteiger partial charge in [0.2, 0.25) is 0 Å². The third-order valence-electron chi connectivity index (χ3n) is 4.38. The molecular weight excluding hydrogens is 359 g/mol. The van der Waals surface area contributed by atoms with E-state index in [0.29, 0.717) is 5.56 Å². The van der Waals surface area contributed by atoms with Crippen molar-refractivity contribution in [3.63, 3.8) is 0 Å². The summed E-state index contributed by atoms with van der Waals surface area (Å²) in [6.07, 6.45) is 0. The van der Waals surface area contributed by atoms with Crippen molar-refractivity contribution >= 4 is 29.3 Å². The largest absolute Gasteiger partial charge is 0.343 e. The molecule has 0 aromatic heterocycles. The Morgan fingerprint density at radius 1 is 1.08 bits per heavy atom. The van der Waals surface area contributed by atoms with Crippen molar-refractivity contribution in [2.75, 3.05) is 7.05 Å². The summed E-state index contributed by atoms with van der Waals surface area (Å²) in [5.74, 6) is -1.74. The molecule has 2 aromatic rings. The number of benzene rings is 2. The van der Waals surface area contributed by atoms with Crippen molar-refractivity contribution in [1.29, 1.82) is 0 Å². The van der Waals surface area contributed by atoms with Crippen LogP contribution >= 0.6 is 11.6 Å². The number of nitrogens with zero attached hydrogens (tertiary/aromatic N) is 1. The normalized spacial score (nSPS) is 13.8. The van der Waals surface area contributed by atoms with Crippen LogP contribution in [-0.4, -0.2) is 29.7 Å². The van der Waals surface area contributed by atoms with Crippen molar-refractivity contribution in [2.24, 2.45) is 0 Å². The molecular formula is C19H16ClFN2O3. The van der Waals surface area contributed by atoms with Gasteiger partial charge in [0, 0.05) is 17.6 Å². The van der Waals surface area contributed by atoms with Gasteiger partial charge in [0.1, 0.15) is 5.82 Å². The maximum Gasteiger partial charge on any atom is 0.261 e. The Kier molecular flexibility index (Phi) is 4.32. The summed E-state index contributed by atoms with van der Waals surface area (Å²) in [7, 11) is 1.39. The van der Waals surface area contributed by atoms with Crippen LogP contribution in [0.1, 0.15) is 50.5 Å². The van der Waals surface area contributed by atoms with Gasteiger partial charge in [-0.25, -0.2) is 4.39 Å². The van der Waals surface area contributed by atoms with E-state index in [1.54, 1.807) is 13.8 Å². The van der Waals surface area contributed by atoms with E-state index < -0.39 is 29.1 Å². The lowest BCUT2D eigenvalue weighted by Crippen LogP contribution is -2.41. The van der Waals surface area contributed by atoms with Crippen LogP contribution in [0.5, 0.6) is 0 Å². The summed E-state index contributed by atoms with van der Waals surface area (Å²) in [5.41, 5.74) is 0.391. The maximum atomic E-state index is 13.3. The van der Waals surface area contributed by atoms with Crippen molar-refractivity contribution in [3.8, 4) is 0 Å². The van der Waals surface area contributed by atoms with Gasteiger partial charge < -0.3 is 5.32 Å². The lowest BCUT2D eigenvalue weighted by atomic mass is 9.93. The molecule has 1 heterocycles. The lowest BCUT2D eigenvalue weighted by molar-refractivity contribution is 0.0692. The summed E-state index contributed by atoms with van der Waals surface area (Å²) in [4.78, 5) is 37.7. The predicted molar refractivity (Wildman–Crippen MR) is 94.8 cm³/mol. The summed E-state index contributed by atoms with van der Waals surface area (Å²) in [5, 5.41) is 3.02. The van der Waals surface area contributed by atoms with Gasteiger partial charge >= 0.3 is 0 Å². The van der Waals surface area contributed by atoms with Crippen LogP contribution in [0.4, 0.5) is 4.39 Å². The molecule has 0 saturated heterocycles. The van der Waals surface area contributed by atoms with E-state index in [-0.39, 0.29) is 21.7 Å². The SMILES string of the molecule is CN1C(=O)c2ccc(C(=O)NC(C)(C)c3ccc(F)cc3Cl)cc2C1=O. The number of amides is 3. The highest BCUT2D eigenvalue weighted by atomic mass is 35.5. The minimum Gasteiger partial charge on any atom is -0.343 e. The maximum absolute atomic E-state index is 13.3. The molecule has 134 valence electrons. The van der Waals surface area contributed by atoms with Crippen molar-refractivity contribution in [1.82, 2.24) is 10.2 Å². The summed E-state index contributed by atoms with van der Waals surface area (Å²) in [6.45, 7) is 3.47. The zero-order chi connectivity index (χ0) is 19.2. The van der Waals surface area contributed by atoms with Crippen molar-refractivity contribution < 1.29 is 18.8 Å². The molecule has 0 saturated carbocycles. The third kappa shape index (κ3) is 2.97. The van der Waals surface area contributed by atoms with Crippen LogP contribution in [0.15, 0.2) is 36.4 Å². The molecule has 3 rings (SSSR count). The van der Waals surface area contributed by atoms with Gasteiger partial charge in [-0.2, -0.15) is 0 Å². The molecule has 7 heteroatoms. The minimum absolute atomic E-state index is 0.197. The van der Waals surface area contributed by atoms with E-state index in [1.807, 2.05) is 0 Å². The van der Waals surface area contributed by atoms with Crippen LogP contribution < -0.4 is 5.32 Å². The average Bonchev–Trinajstić information content (AvgIpc) is 2.78. The molecule has 0 unspecified atom stereocenters. The molecule has 1 aliphatic rings. The van der Waals surface area contributed by atoms with Gasteiger partial charge in [-0.05, 0) is 49.7 Å². The summed E-state index contributed by atoms with van der Waals surface area (Å²) < 4.78 is 13.3. The van der Waals surface area contributed by atoms with Gasteiger partial charge in [-0.1, -0.05) is 17.7 Å². The number of rotatable bonds is 3. The zero-order valence-corrected chi connectivity index (χ0v) is 15.1. The Bertz CT molecular complexity index is 956. The minimum atomic E-state index is -0.877. The molecule has 1 N–H and O–H groups in total. The van der Waals surface area contributed by atoms with Gasteiger partial charge in [-0.15, -0.1) is 0 Å². The first-order valence-corrected chi connectivity index (χ1v) is 8.24. The fraction of sp³-hybridized carbons (Fsp3) is 0.211. The Hall–Kier alpha value is -2.73. The molecule has 0 spiro atoms. The predicted octanol–water partition coefficient (Wildman–Crippen LogP) is 3.37. The molecule has 3 amide bonds. The van der Waals surface area contributed by atoms with Crippen LogP contribution in [0.3, 0.4) is 0 Å². The number of carbonyl (C=O) groups is 3. The zero-order valence-electron chi connectivity index (χ0n) is 14.4. The molecule has 0 fully saturated rings. The summed E-state index contributed by atoms with van der Waals surface area (Å²) >= 11 is 6.09. The number of hydrogen-bond donors (Lipinski definition) is 1. The first-order valence-electron chi connectivity index (χ1n) is 7.86. The molecule has 0 bridgehead atoms. The van der Waals surface area contributed by atoms with Crippen LogP contribution in [0.2, 0.25) is 5.02 Å². The van der Waals surface area contributed by atoms with E-state index in [2.05, 4.69) is 5.32 Å². The Morgan fingerprint density at radius 2 is 1.73 bits per heavy atom. The monoisotopic (exact) mass is 374 g/mol. The number of imide groups is 1. The first kappa shape index (κ1) is 18.1. The van der Waals surface area contributed by atoms with Crippen LogP contribution in [-0.2, 0) is 5.54 Å². The average molecular weight is 375 g/mol. The second-order valence-corrected chi connectivity index (χ2v) is 7.04. The number of nitrogens with one attached hydrogen (secondary N) is 1. The molecule has 2 aromatic carbocycles. The number of hydrogen-bond acceptors (Lipinski definition) is 3. The molecule has 26 heavy (non-hydrogen) atoms. The lowest BCUT2D eigenvalue weighted by Gasteiger charge is -2.28. The number of halogens is 2. The van der Waals surface area contributed by atoms with Gasteiger partial charge in [0.25, 0.3) is 17.7 Å². The molecule has 1 aliphatic heterocycles. The number of fused-ring (bicyclic) bond motifs is 1. The van der Waals surface area contributed by atoms with E-state index in [1.165, 1.54) is 43.4 Å². The van der Waals surface area contributed by atoms with Crippen LogP contribution in [0, 0.1) is 5.82 Å². The number of carbonyl (C=O) groups excluding carboxylic acids is 3. The topological polar surface area (TPSA) is 66.5 Å². The van der Waals surface area contributed by atoms with E-state index >= 15 is 0 Å². The first-order chi connectivity index (χ1) is 12.1. The van der Waals surface area contributed by atoms with Crippen molar-refractivity contribution in [3.05, 3.63) is 69.5 Å². The fourth-order valence-corrected chi connectivity index (χ4v) is 3.33.